The number of carbonyl (C=O) groups excluding carboxylic acids is 11. The van der Waals surface area contributed by atoms with Crippen LogP contribution < -0.4 is 49.1 Å². The van der Waals surface area contributed by atoms with Crippen LogP contribution in [0.1, 0.15) is 115 Å². The summed E-state index contributed by atoms with van der Waals surface area (Å²) >= 11 is 0. The number of ketones is 4. The first kappa shape index (κ1) is 72.1. The molecule has 0 saturated carbocycles. The topological polar surface area (TPSA) is 444 Å². The van der Waals surface area contributed by atoms with Gasteiger partial charge in [0.1, 0.15) is 11.8 Å². The summed E-state index contributed by atoms with van der Waals surface area (Å²) in [6, 6.07) is 15.0. The van der Waals surface area contributed by atoms with E-state index in [0.29, 0.717) is 17.5 Å². The Bertz CT molecular complexity index is 3150. The van der Waals surface area contributed by atoms with Crippen molar-refractivity contribution in [2.24, 2.45) is 45.9 Å². The van der Waals surface area contributed by atoms with Gasteiger partial charge in [0.15, 0.2) is 29.1 Å². The number of Topliss-reactive ketones (excluding diaryl/α,β-unsaturated/α-hetero) is 4. The predicted molar refractivity (Wildman–Crippen MR) is 329 cm³/mol. The van der Waals surface area contributed by atoms with E-state index < -0.39 is 169 Å². The fourth-order valence-corrected chi connectivity index (χ4v) is 10.1. The van der Waals surface area contributed by atoms with Crippen LogP contribution in [0.2, 0.25) is 0 Å². The number of nitrogens with zero attached hydrogens (tertiary/aromatic N) is 1. The number of nitrogens with one attached hydrogen (secondary N) is 7. The summed E-state index contributed by atoms with van der Waals surface area (Å²) in [6.45, 7) is 6.30. The van der Waals surface area contributed by atoms with Crippen molar-refractivity contribution in [1.29, 1.82) is 0 Å². The molecule has 482 valence electrons. The van der Waals surface area contributed by atoms with Crippen molar-refractivity contribution in [3.05, 3.63) is 102 Å². The molecule has 0 fully saturated rings. The van der Waals surface area contributed by atoms with E-state index in [1.54, 1.807) is 36.5 Å². The molecule has 4 aromatic rings. The van der Waals surface area contributed by atoms with E-state index >= 15 is 0 Å². The maximum Gasteiger partial charge on any atom is 0.303 e. The summed E-state index contributed by atoms with van der Waals surface area (Å²) in [4.78, 5) is 168. The molecule has 89 heavy (non-hydrogen) atoms. The summed E-state index contributed by atoms with van der Waals surface area (Å²) in [6.07, 6.45) is -3.98. The number of phenols is 1. The van der Waals surface area contributed by atoms with Gasteiger partial charge in [-0.1, -0.05) is 74.5 Å². The lowest BCUT2D eigenvalue weighted by atomic mass is 9.89. The SMILES string of the molecule is CN=C(N)NCCC[C@H](CC(=O)[C@H](CC(C)C)NC(=O)CCC(=O)[C@H](Cc1ccccc1)NC(=O)[C@@H](CC(=O)[C@H](CC(N)=O)NC(=O)[C@H](CCC(=O)O)CC(=O)[C@@H](Cc1ccc(O)cc1)NC(C)=O)[C@@H](C)O)C(=O)N[C@@H](Cc1c[nH]c2ccccc12)C(N)=O. The number of nitrogens with two attached hydrogens (primary N) is 3. The molecule has 9 atom stereocenters. The van der Waals surface area contributed by atoms with E-state index in [1.165, 1.54) is 45.2 Å². The minimum absolute atomic E-state index is 0.0553. The smallest absolute Gasteiger partial charge is 0.303 e. The maximum atomic E-state index is 14.3. The molecule has 7 amide bonds. The van der Waals surface area contributed by atoms with E-state index in [0.717, 1.165) is 16.5 Å². The number of phenolic OH excluding ortho intramolecular Hbond substituents is 1. The molecule has 0 bridgehead atoms. The fraction of sp³-hybridized carbons (Fsp3) is 0.476. The third-order valence-electron chi connectivity index (χ3n) is 15.0. The molecule has 0 aliphatic heterocycles. The summed E-state index contributed by atoms with van der Waals surface area (Å²) in [7, 11) is 1.50. The molecule has 0 unspecified atom stereocenters. The number of H-pyrrole nitrogens is 1. The number of carbonyl (C=O) groups is 12. The number of rotatable bonds is 40. The lowest BCUT2D eigenvalue weighted by molar-refractivity contribution is -0.139. The van der Waals surface area contributed by atoms with Gasteiger partial charge in [0.25, 0.3) is 0 Å². The number of aliphatic imine (C=N–C) groups is 1. The maximum absolute atomic E-state index is 14.3. The van der Waals surface area contributed by atoms with Crippen LogP contribution in [0.5, 0.6) is 5.75 Å². The summed E-state index contributed by atoms with van der Waals surface area (Å²) in [5.41, 5.74) is 19.8. The average molecular weight is 1240 g/mol. The standard InChI is InChI=1S/C63H85N11O15/c1-35(2)26-47(53(79)30-40(14-11-25-68-63(66)67-5)60(87)74-51(59(65)86)29-42-34-69-46-16-10-9-15-44(42)46)71-57(83)23-22-52(78)48(27-38-12-7-6-8-13-38)73-62(89)45(36(3)75)32-55(81)50(33-56(64)82)72-61(88)41(19-24-58(84)85)31-54(80)49(70-37(4)76)28-39-17-20-43(77)21-18-39/h6-10,12-13,15-18,20-21,34-36,40-41,45,47-51,69,75,77H,11,14,19,22-33H2,1-5H3,(H2,64,82)(H2,65,86)(H,70,76)(H,71,83)(H,72,88)(H,73,89)(H,74,87)(H,84,85)(H3,66,67,68)/t36-,40-,41-,45+,47+,48+,49-,50+,51+/m1/s1. The number of guanidine groups is 1. The van der Waals surface area contributed by atoms with Gasteiger partial charge in [0.2, 0.25) is 41.4 Å². The van der Waals surface area contributed by atoms with E-state index in [1.807, 2.05) is 38.1 Å². The lowest BCUT2D eigenvalue weighted by Gasteiger charge is -2.26. The minimum Gasteiger partial charge on any atom is -0.508 e. The molecular weight excluding hydrogens is 1150 g/mol. The molecule has 4 rings (SSSR count). The second kappa shape index (κ2) is 36.1. The van der Waals surface area contributed by atoms with Crippen molar-refractivity contribution in [3.8, 4) is 5.75 Å². The molecule has 0 spiro atoms. The Labute approximate surface area is 516 Å². The molecule has 1 aromatic heterocycles. The first-order chi connectivity index (χ1) is 42.1. The molecule has 26 nitrogen and oxygen atoms in total. The number of aliphatic hydroxyl groups excluding tert-OH is 1. The number of para-hydroxylation sites is 1. The summed E-state index contributed by atoms with van der Waals surface area (Å²) < 4.78 is 0. The number of aromatic hydroxyl groups is 1. The number of aliphatic carboxylic acids is 1. The number of aromatic amines is 1. The molecule has 0 aliphatic rings. The number of hydrogen-bond acceptors (Lipinski definition) is 15. The molecule has 0 saturated heterocycles. The zero-order valence-corrected chi connectivity index (χ0v) is 50.9. The Morgan fingerprint density at radius 3 is 1.73 bits per heavy atom. The van der Waals surface area contributed by atoms with Crippen LogP contribution in [0.3, 0.4) is 0 Å². The second-order valence-electron chi connectivity index (χ2n) is 22.7. The van der Waals surface area contributed by atoms with Crippen LogP contribution in [0.4, 0.5) is 0 Å². The first-order valence-electron chi connectivity index (χ1n) is 29.5. The predicted octanol–water partition coefficient (Wildman–Crippen LogP) is 1.39. The molecule has 26 heteroatoms. The Kier molecular flexibility index (Phi) is 29.3. The van der Waals surface area contributed by atoms with Crippen molar-refractivity contribution in [3.63, 3.8) is 0 Å². The number of primary amides is 2. The highest BCUT2D eigenvalue weighted by atomic mass is 16.4. The summed E-state index contributed by atoms with van der Waals surface area (Å²) in [5.74, 6) is -14.1. The van der Waals surface area contributed by atoms with Crippen LogP contribution in [0, 0.1) is 23.7 Å². The van der Waals surface area contributed by atoms with Crippen molar-refractivity contribution in [2.75, 3.05) is 13.6 Å². The number of amides is 7. The Balaban J connectivity index is 1.50. The number of aliphatic hydroxyl groups is 1. The molecule has 0 radical (unpaired) electrons. The number of carboxylic acid groups (broad SMARTS) is 1. The van der Waals surface area contributed by atoms with Gasteiger partial charge in [-0.2, -0.15) is 0 Å². The van der Waals surface area contributed by atoms with Crippen LogP contribution in [0.15, 0.2) is 90.1 Å². The fourth-order valence-electron chi connectivity index (χ4n) is 10.1. The summed E-state index contributed by atoms with van der Waals surface area (Å²) in [5, 5.41) is 47.0. The normalized spacial score (nSPS) is 14.5. The van der Waals surface area contributed by atoms with Gasteiger partial charge in [-0.15, -0.1) is 0 Å². The average Bonchev–Trinajstić information content (AvgIpc) is 2.47. The Morgan fingerprint density at radius 2 is 1.15 bits per heavy atom. The zero-order valence-electron chi connectivity index (χ0n) is 50.9. The Morgan fingerprint density at radius 1 is 0.584 bits per heavy atom. The number of carboxylic acids is 1. The third-order valence-corrected chi connectivity index (χ3v) is 15.0. The quantitative estimate of drug-likeness (QED) is 0.0170. The van der Waals surface area contributed by atoms with E-state index in [2.05, 4.69) is 41.9 Å². The number of aromatic nitrogens is 1. The van der Waals surface area contributed by atoms with E-state index in [9.17, 15) is 72.9 Å². The van der Waals surface area contributed by atoms with E-state index in [-0.39, 0.29) is 62.7 Å². The van der Waals surface area contributed by atoms with E-state index in [4.69, 9.17) is 17.2 Å². The molecule has 3 aromatic carbocycles. The van der Waals surface area contributed by atoms with Gasteiger partial charge >= 0.3 is 5.97 Å². The second-order valence-corrected chi connectivity index (χ2v) is 22.7. The van der Waals surface area contributed by atoms with Gasteiger partial charge in [0, 0.05) is 94.4 Å². The van der Waals surface area contributed by atoms with Crippen molar-refractivity contribution in [1.82, 2.24) is 36.9 Å². The number of fused-ring (bicyclic) bond motifs is 1. The molecular formula is C63H85N11O15. The van der Waals surface area contributed by atoms with Crippen molar-refractivity contribution >= 4 is 87.3 Å². The highest BCUT2D eigenvalue weighted by Gasteiger charge is 2.37. The monoisotopic (exact) mass is 1240 g/mol. The van der Waals surface area contributed by atoms with Gasteiger partial charge < -0.3 is 69.4 Å². The van der Waals surface area contributed by atoms with Crippen LogP contribution in [-0.2, 0) is 76.8 Å². The van der Waals surface area contributed by atoms with Gasteiger partial charge in [-0.25, -0.2) is 0 Å². The number of hydrogen-bond donors (Lipinski definition) is 13. The first-order valence-corrected chi connectivity index (χ1v) is 29.5. The minimum atomic E-state index is -1.76. The lowest BCUT2D eigenvalue weighted by Crippen LogP contribution is -2.50. The largest absolute Gasteiger partial charge is 0.508 e. The zero-order chi connectivity index (χ0) is 65.9. The van der Waals surface area contributed by atoms with Crippen LogP contribution in [-0.4, -0.2) is 147 Å². The van der Waals surface area contributed by atoms with Crippen LogP contribution >= 0.6 is 0 Å². The van der Waals surface area contributed by atoms with Gasteiger partial charge in [0.05, 0.1) is 42.6 Å². The van der Waals surface area contributed by atoms with Crippen molar-refractivity contribution < 1.29 is 72.9 Å². The Hall–Kier alpha value is -9.33. The molecule has 1 heterocycles. The van der Waals surface area contributed by atoms with Gasteiger partial charge in [-0.3, -0.25) is 62.5 Å². The van der Waals surface area contributed by atoms with Crippen LogP contribution in [0.25, 0.3) is 10.9 Å². The highest BCUT2D eigenvalue weighted by Crippen LogP contribution is 2.23. The third kappa shape index (κ3) is 25.1. The molecule has 16 N–H and O–H groups in total. The number of benzene rings is 3. The highest BCUT2D eigenvalue weighted by molar-refractivity contribution is 5.99. The molecule has 0 aliphatic carbocycles. The van der Waals surface area contributed by atoms with Gasteiger partial charge in [-0.05, 0) is 86.3 Å². The van der Waals surface area contributed by atoms with Crippen molar-refractivity contribution in [2.45, 2.75) is 154 Å².